The maximum Gasteiger partial charge on any atom is 0.333 e. The first-order chi connectivity index (χ1) is 50.7. The van der Waals surface area contributed by atoms with Gasteiger partial charge in [-0.1, -0.05) is 74.4 Å². The Bertz CT molecular complexity index is 3200. The second kappa shape index (κ2) is 38.2. The highest BCUT2D eigenvalue weighted by atomic mass is 16.6. The number of carbonyl (C=O) groups excluding carboxylic acids is 9. The predicted molar refractivity (Wildman–Crippen MR) is 409 cm³/mol. The Labute approximate surface area is 645 Å². The average molecular weight is 1510 g/mol. The minimum Gasteiger partial charge on any atom is -0.497 e. The van der Waals surface area contributed by atoms with Crippen molar-refractivity contribution in [2.24, 2.45) is 118 Å². The molecule has 606 valence electrons. The largest absolute Gasteiger partial charge is 0.497 e. The number of fused-ring (bicyclic) bond motifs is 4. The molecule has 15 unspecified atom stereocenters. The van der Waals surface area contributed by atoms with Crippen LogP contribution in [0.25, 0.3) is 0 Å². The molecule has 14 fully saturated rings. The van der Waals surface area contributed by atoms with Gasteiger partial charge < -0.3 is 57.2 Å². The lowest BCUT2D eigenvalue weighted by molar-refractivity contribution is -0.212. The normalized spacial score (nSPS) is 33.4. The van der Waals surface area contributed by atoms with E-state index in [1.807, 2.05) is 79.5 Å². The van der Waals surface area contributed by atoms with E-state index in [1.165, 1.54) is 64.2 Å². The van der Waals surface area contributed by atoms with Gasteiger partial charge in [-0.2, -0.15) is 0 Å². The second-order valence-electron chi connectivity index (χ2n) is 36.3. The first kappa shape index (κ1) is 87.2. The van der Waals surface area contributed by atoms with E-state index >= 15 is 4.79 Å². The number of likely N-dealkylation sites (N-methyl/N-ethyl adjacent to an activating group) is 2. The van der Waals surface area contributed by atoms with Crippen molar-refractivity contribution in [3.05, 3.63) is 60.9 Å². The molecular weight excluding hydrogens is 1380 g/mol. The molecule has 2 aliphatic heterocycles. The lowest BCUT2D eigenvalue weighted by atomic mass is 9.50. The van der Waals surface area contributed by atoms with Gasteiger partial charge in [0.05, 0.1) is 36.4 Å². The third-order valence-corrected chi connectivity index (χ3v) is 26.9. The van der Waals surface area contributed by atoms with Crippen molar-refractivity contribution in [3.8, 4) is 0 Å². The van der Waals surface area contributed by atoms with Gasteiger partial charge in [-0.05, 0) is 280 Å². The van der Waals surface area contributed by atoms with Gasteiger partial charge in [-0.3, -0.25) is 24.0 Å². The van der Waals surface area contributed by atoms with E-state index in [4.69, 9.17) is 42.6 Å². The Balaban J connectivity index is 0.000000219. The molecule has 0 amide bonds. The molecule has 12 aliphatic carbocycles. The van der Waals surface area contributed by atoms with Crippen molar-refractivity contribution in [1.82, 2.24) is 9.80 Å². The molecule has 14 aliphatic rings. The predicted octanol–water partition coefficient (Wildman–Crippen LogP) is 14.2. The minimum atomic E-state index is -0.814. The zero-order valence-corrected chi connectivity index (χ0v) is 68.4. The highest BCUT2D eigenvalue weighted by Crippen LogP contribution is 2.62. The molecule has 12 bridgehead atoms. The summed E-state index contributed by atoms with van der Waals surface area (Å²) in [5.41, 5.74) is 1.02. The molecule has 12 saturated carbocycles. The summed E-state index contributed by atoms with van der Waals surface area (Å²) in [4.78, 5) is 115. The van der Waals surface area contributed by atoms with Crippen LogP contribution in [0.2, 0.25) is 0 Å². The van der Waals surface area contributed by atoms with Crippen LogP contribution in [-0.2, 0) is 90.5 Å². The number of allylic oxidation sites excluding steroid dienone is 1. The molecule has 14 rings (SSSR count). The third kappa shape index (κ3) is 22.5. The summed E-state index contributed by atoms with van der Waals surface area (Å²) in [6, 6.07) is 0. The van der Waals surface area contributed by atoms with Gasteiger partial charge in [0.1, 0.15) is 62.0 Å². The van der Waals surface area contributed by atoms with Crippen molar-refractivity contribution in [2.45, 2.75) is 247 Å². The van der Waals surface area contributed by atoms with Gasteiger partial charge in [0.25, 0.3) is 0 Å². The maximum absolute atomic E-state index is 15.2. The van der Waals surface area contributed by atoms with Gasteiger partial charge in [-0.15, -0.1) is 0 Å². The molecule has 108 heavy (non-hydrogen) atoms. The molecule has 21 heteroatoms. The molecule has 0 radical (unpaired) electrons. The number of esters is 9. The molecular formula is C87H134N2O19. The zero-order chi connectivity index (χ0) is 79.5. The summed E-state index contributed by atoms with van der Waals surface area (Å²) in [5.74, 6) is 1.10. The van der Waals surface area contributed by atoms with Crippen LogP contribution >= 0.6 is 0 Å². The molecule has 0 N–H and O–H groups in total. The lowest BCUT2D eigenvalue weighted by Crippen LogP contribution is -2.59. The smallest absolute Gasteiger partial charge is 0.333 e. The van der Waals surface area contributed by atoms with Crippen LogP contribution in [0.3, 0.4) is 0 Å². The van der Waals surface area contributed by atoms with Gasteiger partial charge in [-0.25, -0.2) is 19.2 Å². The highest BCUT2D eigenvalue weighted by Gasteiger charge is 2.60. The van der Waals surface area contributed by atoms with Crippen LogP contribution in [0, 0.1) is 118 Å². The summed E-state index contributed by atoms with van der Waals surface area (Å²) in [5, 5.41) is 0. The standard InChI is InChI=1S/C45H71NO9.C15H22O2.C11H16O2.C8H15NO2.C8H10O4/c1-24(2)39(42(48)53-36-22-38(47)52-23-36)27(5)41(44(50)55-45(8)34-17-31-15-32(19-34)20-35(45)18-31)28(6)40(26(4)25(3)29(7)51-14-13-46(9)10)43(49)54-37-21-30-11-12-33(37)16-30;1-9(2)14(16)17-15(3)12-5-10-4-11(7-12)8-13(15)6-10;1-7(2)11(12)13-10-6-8-3-4-9(10)5-8;1-7(2)8(10)11-6-5-9(3)4;1-5(2)8(10)12-6-3-7(9)11-4-6/h24-28,30-37,39-41H,7,11-23H2,1-6,8-10H3;10-13H,1,4-8H2,2-3H3;8-10H,1,3-6H2,2H3;1,5-6H2,2-4H3;6H,1,3-4H2,2H3. The topological polar surface area (TPSA) is 252 Å². The molecule has 0 aromatic carbocycles. The van der Waals surface area contributed by atoms with E-state index in [0.29, 0.717) is 94.5 Å². The van der Waals surface area contributed by atoms with Crippen LogP contribution in [0.1, 0.15) is 212 Å². The number of ether oxygens (including phenoxy) is 10. The summed E-state index contributed by atoms with van der Waals surface area (Å²) in [6.45, 7) is 43.9. The Morgan fingerprint density at radius 1 is 0.426 bits per heavy atom. The lowest BCUT2D eigenvalue weighted by Gasteiger charge is -2.59. The summed E-state index contributed by atoms with van der Waals surface area (Å²) in [6.07, 6.45) is 20.5. The van der Waals surface area contributed by atoms with E-state index in [1.54, 1.807) is 27.7 Å². The Morgan fingerprint density at radius 2 is 0.806 bits per heavy atom. The summed E-state index contributed by atoms with van der Waals surface area (Å²) < 4.78 is 56.1. The molecule has 15 atom stereocenters. The fraction of sp³-hybridized carbons (Fsp3) is 0.782. The Kier molecular flexibility index (Phi) is 30.9. The number of nitrogens with zero attached hydrogens (tertiary/aromatic N) is 2. The SMILES string of the molecule is C=C(C)C(=O)OC1(C)C2CC3CC(C2)CC1C3.C=C(C)C(=O)OC1CC2CCC1C2.C=C(C)C(=O)OC1COC(=O)C1.C=C(C)C(=O)OCCN(C)C.C=C(OCCN(C)C)C(C)C(C)C(C(=O)OC1CC2CCC1C2)C(C)C(C(=O)OC1(C)C2CC3CC(C2)CC1C3)C(C)C(C(=O)OC1COC(=O)C1)C(C)C. The molecule has 0 aromatic rings. The molecule has 2 saturated heterocycles. The van der Waals surface area contributed by atoms with Crippen LogP contribution in [0.4, 0.5) is 0 Å². The van der Waals surface area contributed by atoms with Crippen molar-refractivity contribution >= 4 is 53.7 Å². The van der Waals surface area contributed by atoms with Crippen molar-refractivity contribution in [3.63, 3.8) is 0 Å². The second-order valence-corrected chi connectivity index (χ2v) is 36.3. The van der Waals surface area contributed by atoms with Crippen LogP contribution in [-0.4, -0.2) is 167 Å². The van der Waals surface area contributed by atoms with Gasteiger partial charge >= 0.3 is 53.7 Å². The third-order valence-electron chi connectivity index (χ3n) is 26.9. The number of hydrogen-bond acceptors (Lipinski definition) is 21. The van der Waals surface area contributed by atoms with Gasteiger partial charge in [0, 0.05) is 41.3 Å². The average Bonchev–Trinajstić information content (AvgIpc) is 1.07. The molecule has 21 nitrogen and oxygen atoms in total. The molecule has 0 aromatic heterocycles. The first-order valence-electron chi connectivity index (χ1n) is 40.8. The maximum atomic E-state index is 15.2. The summed E-state index contributed by atoms with van der Waals surface area (Å²) >= 11 is 0. The Morgan fingerprint density at radius 3 is 1.19 bits per heavy atom. The highest BCUT2D eigenvalue weighted by molar-refractivity contribution is 5.89. The van der Waals surface area contributed by atoms with Crippen LogP contribution in [0.5, 0.6) is 0 Å². The number of carbonyl (C=O) groups is 9. The number of rotatable bonds is 28. The first-order valence-corrected chi connectivity index (χ1v) is 40.8. The van der Waals surface area contributed by atoms with Crippen molar-refractivity contribution in [2.75, 3.05) is 67.7 Å². The summed E-state index contributed by atoms with van der Waals surface area (Å²) in [7, 11) is 7.84. The number of hydrogen-bond donors (Lipinski definition) is 0. The molecule has 0 spiro atoms. The van der Waals surface area contributed by atoms with Crippen LogP contribution < -0.4 is 0 Å². The van der Waals surface area contributed by atoms with E-state index < -0.39 is 65.3 Å². The van der Waals surface area contributed by atoms with Gasteiger partial charge in [0.2, 0.25) is 0 Å². The van der Waals surface area contributed by atoms with Crippen molar-refractivity contribution < 1.29 is 90.5 Å². The van der Waals surface area contributed by atoms with E-state index in [-0.39, 0.29) is 97.4 Å². The fourth-order valence-electron chi connectivity index (χ4n) is 20.8. The van der Waals surface area contributed by atoms with Crippen molar-refractivity contribution in [1.29, 1.82) is 0 Å². The molecule has 2 heterocycles. The van der Waals surface area contributed by atoms with Crippen LogP contribution in [0.15, 0.2) is 60.9 Å². The van der Waals surface area contributed by atoms with E-state index in [9.17, 15) is 38.4 Å². The van der Waals surface area contributed by atoms with E-state index in [0.717, 1.165) is 82.2 Å². The van der Waals surface area contributed by atoms with Gasteiger partial charge in [0.15, 0.2) is 0 Å². The zero-order valence-electron chi connectivity index (χ0n) is 68.4. The monoisotopic (exact) mass is 1510 g/mol. The Hall–Kier alpha value is -6.35. The quantitative estimate of drug-likeness (QED) is 0.0305. The van der Waals surface area contributed by atoms with E-state index in [2.05, 4.69) is 51.5 Å². The minimum absolute atomic E-state index is 0.0166. The number of cyclic esters (lactones) is 2. The fourth-order valence-corrected chi connectivity index (χ4v) is 20.8.